The van der Waals surface area contributed by atoms with Crippen molar-refractivity contribution >= 4 is 17.5 Å². The number of imide groups is 1. The zero-order valence-corrected chi connectivity index (χ0v) is 11.8. The van der Waals surface area contributed by atoms with Gasteiger partial charge in [0.1, 0.15) is 11.9 Å². The average molecular weight is 285 g/mol. The van der Waals surface area contributed by atoms with Gasteiger partial charge in [-0.2, -0.15) is 5.10 Å². The summed E-state index contributed by atoms with van der Waals surface area (Å²) in [6, 6.07) is 6.94. The van der Waals surface area contributed by atoms with Crippen molar-refractivity contribution in [1.29, 1.82) is 0 Å². The maximum absolute atomic E-state index is 11.9. The monoisotopic (exact) mass is 285 g/mol. The number of nitrogens with zero attached hydrogens (tertiary/aromatic N) is 3. The molecule has 0 aliphatic carbocycles. The number of aryl methyl sites for hydroxylation is 1. The minimum Gasteiger partial charge on any atom is -0.373 e. The van der Waals surface area contributed by atoms with Crippen molar-refractivity contribution in [3.63, 3.8) is 0 Å². The van der Waals surface area contributed by atoms with E-state index in [0.717, 1.165) is 22.0 Å². The van der Waals surface area contributed by atoms with Gasteiger partial charge in [-0.25, -0.2) is 4.98 Å². The first kappa shape index (κ1) is 13.3. The number of H-pyrrole nitrogens is 1. The third-order valence-corrected chi connectivity index (χ3v) is 3.44. The van der Waals surface area contributed by atoms with Crippen LogP contribution in [0.25, 0.3) is 11.4 Å². The number of aromatic nitrogens is 3. The number of hydrogen-bond acceptors (Lipinski definition) is 5. The molecule has 2 amide bonds. The van der Waals surface area contributed by atoms with E-state index in [1.807, 2.05) is 31.2 Å². The van der Waals surface area contributed by atoms with Crippen LogP contribution in [0.2, 0.25) is 0 Å². The summed E-state index contributed by atoms with van der Waals surface area (Å²) in [6.07, 6.45) is 0.180. The number of likely N-dealkylation sites (tertiary alicyclic amines) is 1. The van der Waals surface area contributed by atoms with Gasteiger partial charge in [0, 0.05) is 18.3 Å². The molecule has 1 aliphatic rings. The number of amides is 2. The largest absolute Gasteiger partial charge is 0.373 e. The Bertz CT molecular complexity index is 709. The molecule has 1 unspecified atom stereocenters. The first-order valence-electron chi connectivity index (χ1n) is 6.61. The SMILES string of the molecule is Cc1nc(-c2cccc(NC3CC(=O)N(C)C3=O)c2)n[nH]1. The molecule has 0 radical (unpaired) electrons. The van der Waals surface area contributed by atoms with E-state index in [-0.39, 0.29) is 18.2 Å². The maximum Gasteiger partial charge on any atom is 0.251 e. The number of hydrogen-bond donors (Lipinski definition) is 2. The highest BCUT2D eigenvalue weighted by Crippen LogP contribution is 2.22. The van der Waals surface area contributed by atoms with Crippen molar-refractivity contribution in [1.82, 2.24) is 20.1 Å². The standard InChI is InChI=1S/C14H15N5O2/c1-8-15-13(18-17-8)9-4-3-5-10(6-9)16-11-7-12(20)19(2)14(11)21/h3-6,11,16H,7H2,1-2H3,(H,15,17,18). The van der Waals surface area contributed by atoms with Crippen LogP contribution < -0.4 is 5.32 Å². The van der Waals surface area contributed by atoms with Gasteiger partial charge >= 0.3 is 0 Å². The molecule has 0 bridgehead atoms. The summed E-state index contributed by atoms with van der Waals surface area (Å²) < 4.78 is 0. The molecule has 1 fully saturated rings. The summed E-state index contributed by atoms with van der Waals surface area (Å²) in [4.78, 5) is 28.8. The van der Waals surface area contributed by atoms with E-state index < -0.39 is 6.04 Å². The minimum absolute atomic E-state index is 0.168. The zero-order valence-electron chi connectivity index (χ0n) is 11.8. The summed E-state index contributed by atoms with van der Waals surface area (Å²) in [5, 5.41) is 9.99. The molecule has 1 aromatic carbocycles. The predicted octanol–water partition coefficient (Wildman–Crippen LogP) is 0.949. The number of anilines is 1. The molecule has 21 heavy (non-hydrogen) atoms. The lowest BCUT2D eigenvalue weighted by Gasteiger charge is -2.12. The highest BCUT2D eigenvalue weighted by molar-refractivity contribution is 6.06. The minimum atomic E-state index is -0.508. The Labute approximate surface area is 121 Å². The van der Waals surface area contributed by atoms with Crippen LogP contribution in [0.1, 0.15) is 12.2 Å². The molecule has 1 aromatic heterocycles. The summed E-state index contributed by atoms with van der Waals surface area (Å²) in [7, 11) is 1.50. The molecule has 3 rings (SSSR count). The van der Waals surface area contributed by atoms with Gasteiger partial charge in [-0.15, -0.1) is 0 Å². The third kappa shape index (κ3) is 2.49. The summed E-state index contributed by atoms with van der Waals surface area (Å²) in [6.45, 7) is 1.83. The quantitative estimate of drug-likeness (QED) is 0.819. The van der Waals surface area contributed by atoms with E-state index in [1.54, 1.807) is 0 Å². The molecular formula is C14H15N5O2. The second-order valence-corrected chi connectivity index (χ2v) is 5.02. The van der Waals surface area contributed by atoms with Crippen molar-refractivity contribution in [2.45, 2.75) is 19.4 Å². The fourth-order valence-corrected chi connectivity index (χ4v) is 2.29. The molecule has 108 valence electrons. The topological polar surface area (TPSA) is 91.0 Å². The van der Waals surface area contributed by atoms with Crippen molar-refractivity contribution in [2.24, 2.45) is 0 Å². The van der Waals surface area contributed by atoms with Gasteiger partial charge in [0.25, 0.3) is 5.91 Å². The van der Waals surface area contributed by atoms with E-state index >= 15 is 0 Å². The van der Waals surface area contributed by atoms with Crippen LogP contribution in [0.3, 0.4) is 0 Å². The summed E-state index contributed by atoms with van der Waals surface area (Å²) in [5.74, 6) is 0.959. The van der Waals surface area contributed by atoms with Gasteiger partial charge in [-0.05, 0) is 19.1 Å². The Kier molecular flexibility index (Phi) is 3.17. The smallest absolute Gasteiger partial charge is 0.251 e. The van der Waals surface area contributed by atoms with Gasteiger partial charge in [0.05, 0.1) is 6.42 Å². The fourth-order valence-electron chi connectivity index (χ4n) is 2.29. The normalized spacial score (nSPS) is 18.4. The second-order valence-electron chi connectivity index (χ2n) is 5.02. The van der Waals surface area contributed by atoms with Crippen LogP contribution >= 0.6 is 0 Å². The first-order valence-corrected chi connectivity index (χ1v) is 6.61. The van der Waals surface area contributed by atoms with E-state index in [4.69, 9.17) is 0 Å². The molecule has 2 heterocycles. The molecule has 2 aromatic rings. The third-order valence-electron chi connectivity index (χ3n) is 3.44. The lowest BCUT2D eigenvalue weighted by atomic mass is 10.1. The van der Waals surface area contributed by atoms with E-state index in [2.05, 4.69) is 20.5 Å². The van der Waals surface area contributed by atoms with Crippen LogP contribution in [0.5, 0.6) is 0 Å². The zero-order chi connectivity index (χ0) is 15.0. The Morgan fingerprint density at radius 1 is 1.38 bits per heavy atom. The molecule has 0 saturated carbocycles. The van der Waals surface area contributed by atoms with Crippen LogP contribution in [-0.2, 0) is 9.59 Å². The molecule has 1 saturated heterocycles. The Balaban J connectivity index is 1.81. The Morgan fingerprint density at radius 2 is 2.19 bits per heavy atom. The number of benzene rings is 1. The van der Waals surface area contributed by atoms with Gasteiger partial charge in [-0.1, -0.05) is 12.1 Å². The van der Waals surface area contributed by atoms with Crippen molar-refractivity contribution in [2.75, 3.05) is 12.4 Å². The highest BCUT2D eigenvalue weighted by atomic mass is 16.2. The van der Waals surface area contributed by atoms with Crippen LogP contribution in [-0.4, -0.2) is 45.0 Å². The van der Waals surface area contributed by atoms with E-state index in [1.165, 1.54) is 7.05 Å². The lowest BCUT2D eigenvalue weighted by Crippen LogP contribution is -2.31. The molecule has 7 heteroatoms. The fraction of sp³-hybridized carbons (Fsp3) is 0.286. The highest BCUT2D eigenvalue weighted by Gasteiger charge is 2.35. The van der Waals surface area contributed by atoms with Gasteiger partial charge in [0.15, 0.2) is 5.82 Å². The molecule has 1 aliphatic heterocycles. The van der Waals surface area contributed by atoms with Crippen LogP contribution in [0.4, 0.5) is 5.69 Å². The molecule has 1 atom stereocenters. The lowest BCUT2D eigenvalue weighted by molar-refractivity contribution is -0.136. The Morgan fingerprint density at radius 3 is 2.81 bits per heavy atom. The number of rotatable bonds is 3. The van der Waals surface area contributed by atoms with Crippen LogP contribution in [0.15, 0.2) is 24.3 Å². The van der Waals surface area contributed by atoms with Gasteiger partial charge in [0.2, 0.25) is 5.91 Å². The summed E-state index contributed by atoms with van der Waals surface area (Å²) in [5.41, 5.74) is 1.60. The maximum atomic E-state index is 11.9. The van der Waals surface area contributed by atoms with Crippen molar-refractivity contribution in [3.8, 4) is 11.4 Å². The van der Waals surface area contributed by atoms with E-state index in [0.29, 0.717) is 5.82 Å². The summed E-state index contributed by atoms with van der Waals surface area (Å²) >= 11 is 0. The van der Waals surface area contributed by atoms with Crippen LogP contribution in [0, 0.1) is 6.92 Å². The molecular weight excluding hydrogens is 270 g/mol. The second kappa shape index (κ2) is 5.01. The number of carbonyl (C=O) groups is 2. The predicted molar refractivity (Wildman–Crippen MR) is 76.4 cm³/mol. The number of aromatic amines is 1. The number of nitrogens with one attached hydrogen (secondary N) is 2. The first-order chi connectivity index (χ1) is 10.0. The van der Waals surface area contributed by atoms with Gasteiger partial charge in [-0.3, -0.25) is 19.6 Å². The Hall–Kier alpha value is -2.70. The van der Waals surface area contributed by atoms with Gasteiger partial charge < -0.3 is 5.32 Å². The molecule has 7 nitrogen and oxygen atoms in total. The molecule has 2 N–H and O–H groups in total. The average Bonchev–Trinajstić information content (AvgIpc) is 3.00. The number of likely N-dealkylation sites (N-methyl/N-ethyl adjacent to an activating group) is 1. The van der Waals surface area contributed by atoms with Crippen molar-refractivity contribution < 1.29 is 9.59 Å². The molecule has 0 spiro atoms. The van der Waals surface area contributed by atoms with E-state index in [9.17, 15) is 9.59 Å². The van der Waals surface area contributed by atoms with Crippen molar-refractivity contribution in [3.05, 3.63) is 30.1 Å². The number of carbonyl (C=O) groups excluding carboxylic acids is 2.